The molecule has 110 valence electrons. The number of rotatable bonds is 6. The van der Waals surface area contributed by atoms with Gasteiger partial charge in [-0.1, -0.05) is 0 Å². The van der Waals surface area contributed by atoms with Crippen LogP contribution in [0.3, 0.4) is 0 Å². The summed E-state index contributed by atoms with van der Waals surface area (Å²) < 4.78 is 34.9. The second-order valence-corrected chi connectivity index (χ2v) is 5.41. The van der Waals surface area contributed by atoms with Crippen LogP contribution in [0.2, 0.25) is 0 Å². The molecule has 0 unspecified atom stereocenters. The number of carbonyl (C=O) groups excluding carboxylic acids is 2. The molecule has 1 aromatic carbocycles. The maximum absolute atomic E-state index is 11.9. The Morgan fingerprint density at radius 1 is 1.20 bits per heavy atom. The van der Waals surface area contributed by atoms with E-state index in [1.54, 1.807) is 6.92 Å². The summed E-state index contributed by atoms with van der Waals surface area (Å²) in [5.41, 5.74) is 0.233. The highest BCUT2D eigenvalue weighted by Crippen LogP contribution is 2.11. The second kappa shape index (κ2) is 7.01. The van der Waals surface area contributed by atoms with Gasteiger partial charge in [0, 0.05) is 0 Å². The molecular weight excluding hydrogens is 286 g/mol. The highest BCUT2D eigenvalue weighted by Gasteiger charge is 2.16. The third-order valence-corrected chi connectivity index (χ3v) is 3.71. The zero-order chi connectivity index (χ0) is 15.2. The number of hydrogen-bond donors (Lipinski definition) is 1. The number of sulfonamides is 1. The molecule has 0 aliphatic rings. The Bertz CT molecular complexity index is 578. The Balaban J connectivity index is 2.78. The average Bonchev–Trinajstić information content (AvgIpc) is 2.45. The van der Waals surface area contributed by atoms with E-state index in [0.29, 0.717) is 0 Å². The average molecular weight is 301 g/mol. The van der Waals surface area contributed by atoms with Gasteiger partial charge < -0.3 is 9.47 Å². The predicted molar refractivity (Wildman–Crippen MR) is 69.6 cm³/mol. The normalized spacial score (nSPS) is 10.9. The Hall–Kier alpha value is -1.93. The van der Waals surface area contributed by atoms with Crippen LogP contribution < -0.4 is 4.72 Å². The maximum atomic E-state index is 11.9. The number of carbonyl (C=O) groups is 2. The third kappa shape index (κ3) is 4.32. The fourth-order valence-electron chi connectivity index (χ4n) is 1.34. The van der Waals surface area contributed by atoms with Crippen molar-refractivity contribution in [2.75, 3.05) is 20.3 Å². The summed E-state index contributed by atoms with van der Waals surface area (Å²) in [6.07, 6.45) is 0. The standard InChI is InChI=1S/C12H15NO6S/c1-3-19-11(14)8-13-20(16,17)10-6-4-9(5-7-10)12(15)18-2/h4-7,13H,3,8H2,1-2H3. The number of nitrogens with one attached hydrogen (secondary N) is 1. The Morgan fingerprint density at radius 2 is 1.80 bits per heavy atom. The molecule has 0 aromatic heterocycles. The van der Waals surface area contributed by atoms with Crippen molar-refractivity contribution in [2.24, 2.45) is 0 Å². The van der Waals surface area contributed by atoms with E-state index in [9.17, 15) is 18.0 Å². The van der Waals surface area contributed by atoms with Crippen LogP contribution in [0.15, 0.2) is 29.2 Å². The van der Waals surface area contributed by atoms with Gasteiger partial charge in [-0.25, -0.2) is 13.2 Å². The first-order valence-corrected chi connectivity index (χ1v) is 7.22. The lowest BCUT2D eigenvalue weighted by atomic mass is 10.2. The van der Waals surface area contributed by atoms with E-state index in [2.05, 4.69) is 14.2 Å². The largest absolute Gasteiger partial charge is 0.465 e. The van der Waals surface area contributed by atoms with Gasteiger partial charge in [-0.05, 0) is 31.2 Å². The number of ether oxygens (including phenoxy) is 2. The van der Waals surface area contributed by atoms with Crippen LogP contribution in [0.25, 0.3) is 0 Å². The molecule has 1 aromatic rings. The van der Waals surface area contributed by atoms with Crippen molar-refractivity contribution in [1.29, 1.82) is 0 Å². The molecule has 0 radical (unpaired) electrons. The smallest absolute Gasteiger partial charge is 0.337 e. The highest BCUT2D eigenvalue weighted by atomic mass is 32.2. The lowest BCUT2D eigenvalue weighted by Gasteiger charge is -2.07. The Labute approximate surface area is 116 Å². The van der Waals surface area contributed by atoms with E-state index < -0.39 is 28.5 Å². The van der Waals surface area contributed by atoms with Crippen molar-refractivity contribution in [3.05, 3.63) is 29.8 Å². The lowest BCUT2D eigenvalue weighted by Crippen LogP contribution is -2.30. The van der Waals surface area contributed by atoms with Gasteiger partial charge in [0.1, 0.15) is 6.54 Å². The van der Waals surface area contributed by atoms with Gasteiger partial charge >= 0.3 is 11.9 Å². The molecule has 0 fully saturated rings. The van der Waals surface area contributed by atoms with Crippen LogP contribution >= 0.6 is 0 Å². The van der Waals surface area contributed by atoms with Crippen molar-refractivity contribution in [1.82, 2.24) is 4.72 Å². The quantitative estimate of drug-likeness (QED) is 0.759. The van der Waals surface area contributed by atoms with Crippen LogP contribution in [-0.4, -0.2) is 40.6 Å². The number of benzene rings is 1. The first-order chi connectivity index (χ1) is 9.40. The van der Waals surface area contributed by atoms with Crippen molar-refractivity contribution in [3.63, 3.8) is 0 Å². The number of esters is 2. The minimum Gasteiger partial charge on any atom is -0.465 e. The van der Waals surface area contributed by atoms with Gasteiger partial charge in [-0.2, -0.15) is 4.72 Å². The molecule has 1 rings (SSSR count). The SMILES string of the molecule is CCOC(=O)CNS(=O)(=O)c1ccc(C(=O)OC)cc1. The predicted octanol–water partition coefficient (Wildman–Crippen LogP) is 0.315. The molecule has 0 amide bonds. The van der Waals surface area contributed by atoms with Crippen LogP contribution in [0.1, 0.15) is 17.3 Å². The van der Waals surface area contributed by atoms with Crippen molar-refractivity contribution in [3.8, 4) is 0 Å². The van der Waals surface area contributed by atoms with Crippen molar-refractivity contribution < 1.29 is 27.5 Å². The van der Waals surface area contributed by atoms with Gasteiger partial charge in [0.15, 0.2) is 0 Å². The minimum absolute atomic E-state index is 0.0607. The van der Waals surface area contributed by atoms with Gasteiger partial charge in [-0.3, -0.25) is 4.79 Å². The summed E-state index contributed by atoms with van der Waals surface area (Å²) in [4.78, 5) is 22.2. The van der Waals surface area contributed by atoms with Crippen LogP contribution in [0.5, 0.6) is 0 Å². The summed E-state index contributed by atoms with van der Waals surface area (Å²) in [6, 6.07) is 5.15. The third-order valence-electron chi connectivity index (χ3n) is 2.30. The molecule has 8 heteroatoms. The fourth-order valence-corrected chi connectivity index (χ4v) is 2.31. The van der Waals surface area contributed by atoms with Gasteiger partial charge in [0.25, 0.3) is 0 Å². The van der Waals surface area contributed by atoms with E-state index in [0.717, 1.165) is 0 Å². The minimum atomic E-state index is -3.83. The van der Waals surface area contributed by atoms with E-state index in [-0.39, 0.29) is 17.1 Å². The lowest BCUT2D eigenvalue weighted by molar-refractivity contribution is -0.141. The zero-order valence-corrected chi connectivity index (χ0v) is 11.9. The molecule has 0 atom stereocenters. The topological polar surface area (TPSA) is 98.8 Å². The molecule has 1 N–H and O–H groups in total. The summed E-state index contributed by atoms with van der Waals surface area (Å²) in [5.74, 6) is -1.23. The Kier molecular flexibility index (Phi) is 5.66. The van der Waals surface area contributed by atoms with E-state index in [1.807, 2.05) is 0 Å². The molecule has 0 spiro atoms. The van der Waals surface area contributed by atoms with Crippen molar-refractivity contribution in [2.45, 2.75) is 11.8 Å². The van der Waals surface area contributed by atoms with Gasteiger partial charge in [0.2, 0.25) is 10.0 Å². The zero-order valence-electron chi connectivity index (χ0n) is 11.1. The Morgan fingerprint density at radius 3 is 2.30 bits per heavy atom. The molecule has 0 heterocycles. The molecule has 0 saturated heterocycles. The molecular formula is C12H15NO6S. The van der Waals surface area contributed by atoms with E-state index in [1.165, 1.54) is 31.4 Å². The van der Waals surface area contributed by atoms with E-state index in [4.69, 9.17) is 0 Å². The molecule has 0 bridgehead atoms. The molecule has 7 nitrogen and oxygen atoms in total. The van der Waals surface area contributed by atoms with Crippen LogP contribution in [-0.2, 0) is 24.3 Å². The summed E-state index contributed by atoms with van der Waals surface area (Å²) in [6.45, 7) is 1.35. The summed E-state index contributed by atoms with van der Waals surface area (Å²) in [7, 11) is -2.60. The van der Waals surface area contributed by atoms with Gasteiger partial charge in [-0.15, -0.1) is 0 Å². The summed E-state index contributed by atoms with van der Waals surface area (Å²) in [5, 5.41) is 0. The molecule has 0 saturated carbocycles. The number of methoxy groups -OCH3 is 1. The van der Waals surface area contributed by atoms with Crippen molar-refractivity contribution >= 4 is 22.0 Å². The first-order valence-electron chi connectivity index (χ1n) is 5.74. The molecule has 20 heavy (non-hydrogen) atoms. The van der Waals surface area contributed by atoms with Crippen LogP contribution in [0.4, 0.5) is 0 Å². The molecule has 0 aliphatic carbocycles. The first kappa shape index (κ1) is 16.1. The van der Waals surface area contributed by atoms with E-state index >= 15 is 0 Å². The summed E-state index contributed by atoms with van der Waals surface area (Å²) >= 11 is 0. The fraction of sp³-hybridized carbons (Fsp3) is 0.333. The molecule has 0 aliphatic heterocycles. The second-order valence-electron chi connectivity index (χ2n) is 3.65. The highest BCUT2D eigenvalue weighted by molar-refractivity contribution is 7.89. The van der Waals surface area contributed by atoms with Crippen LogP contribution in [0, 0.1) is 0 Å². The monoisotopic (exact) mass is 301 g/mol. The maximum Gasteiger partial charge on any atom is 0.337 e. The number of hydrogen-bond acceptors (Lipinski definition) is 6. The van der Waals surface area contributed by atoms with Gasteiger partial charge in [0.05, 0.1) is 24.2 Å².